The lowest BCUT2D eigenvalue weighted by Crippen LogP contribution is -2.43. The Morgan fingerprint density at radius 2 is 2.19 bits per heavy atom. The van der Waals surface area contributed by atoms with Gasteiger partial charge in [0.2, 0.25) is 0 Å². The van der Waals surface area contributed by atoms with Gasteiger partial charge in [0.05, 0.1) is 0 Å². The van der Waals surface area contributed by atoms with Gasteiger partial charge in [0.1, 0.15) is 0 Å². The third kappa shape index (κ3) is 9.24. The summed E-state index contributed by atoms with van der Waals surface area (Å²) in [6.45, 7) is 6.64. The molecule has 5 heteroatoms. The molecular weight excluding hydrogens is 240 g/mol. The molecule has 0 aliphatic heterocycles. The summed E-state index contributed by atoms with van der Waals surface area (Å²) in [5, 5.41) is 7.27. The van der Waals surface area contributed by atoms with Crippen molar-refractivity contribution in [3.8, 4) is 0 Å². The molecule has 1 atom stereocenters. The molecule has 2 N–H and O–H groups in total. The second-order valence-electron chi connectivity index (χ2n) is 3.51. The smallest absolute Gasteiger partial charge is 0.166 e. The van der Waals surface area contributed by atoms with E-state index in [1.54, 1.807) is 0 Å². The summed E-state index contributed by atoms with van der Waals surface area (Å²) in [5.41, 5.74) is 0. The molecule has 0 saturated heterocycles. The van der Waals surface area contributed by atoms with Crippen LogP contribution in [0.25, 0.3) is 0 Å². The maximum absolute atomic E-state index is 5.25. The normalized spacial score (nSPS) is 12.2. The molecule has 0 heterocycles. The molecule has 0 aromatic heterocycles. The molecule has 0 amide bonds. The van der Waals surface area contributed by atoms with Crippen molar-refractivity contribution in [1.29, 1.82) is 0 Å². The molecule has 0 saturated carbocycles. The van der Waals surface area contributed by atoms with Crippen molar-refractivity contribution in [2.75, 3.05) is 31.8 Å². The van der Waals surface area contributed by atoms with E-state index in [4.69, 9.17) is 17.0 Å². The molecule has 0 spiro atoms. The van der Waals surface area contributed by atoms with E-state index in [0.29, 0.717) is 6.04 Å². The predicted octanol–water partition coefficient (Wildman–Crippen LogP) is 2.02. The van der Waals surface area contributed by atoms with Crippen LogP contribution in [0.1, 0.15) is 26.7 Å². The first-order chi connectivity index (χ1) is 7.74. The first-order valence-electron chi connectivity index (χ1n) is 5.85. The Kier molecular flexibility index (Phi) is 11.5. The summed E-state index contributed by atoms with van der Waals surface area (Å²) in [7, 11) is 0. The van der Waals surface area contributed by atoms with Gasteiger partial charge >= 0.3 is 0 Å². The van der Waals surface area contributed by atoms with E-state index >= 15 is 0 Å². The SMILES string of the molecule is CCOCCCNC(=S)NC(CC)CSC. The van der Waals surface area contributed by atoms with E-state index in [2.05, 4.69) is 23.8 Å². The van der Waals surface area contributed by atoms with Gasteiger partial charge in [0.25, 0.3) is 0 Å². The Labute approximate surface area is 109 Å². The maximum atomic E-state index is 5.25. The van der Waals surface area contributed by atoms with E-state index in [0.717, 1.165) is 43.5 Å². The average molecular weight is 264 g/mol. The quantitative estimate of drug-likeness (QED) is 0.492. The zero-order valence-corrected chi connectivity index (χ0v) is 12.2. The predicted molar refractivity (Wildman–Crippen MR) is 77.3 cm³/mol. The van der Waals surface area contributed by atoms with Crippen molar-refractivity contribution < 1.29 is 4.74 Å². The largest absolute Gasteiger partial charge is 0.382 e. The van der Waals surface area contributed by atoms with Crippen molar-refractivity contribution in [3.63, 3.8) is 0 Å². The summed E-state index contributed by atoms with van der Waals surface area (Å²) < 4.78 is 5.25. The van der Waals surface area contributed by atoms with Gasteiger partial charge in [-0.3, -0.25) is 0 Å². The first kappa shape index (κ1) is 16.0. The second-order valence-corrected chi connectivity index (χ2v) is 4.83. The van der Waals surface area contributed by atoms with Gasteiger partial charge in [-0.1, -0.05) is 6.92 Å². The van der Waals surface area contributed by atoms with Crippen LogP contribution in [-0.2, 0) is 4.74 Å². The van der Waals surface area contributed by atoms with E-state index in [1.165, 1.54) is 0 Å². The molecule has 16 heavy (non-hydrogen) atoms. The van der Waals surface area contributed by atoms with E-state index in [1.807, 2.05) is 18.7 Å². The van der Waals surface area contributed by atoms with Crippen molar-refractivity contribution in [3.05, 3.63) is 0 Å². The van der Waals surface area contributed by atoms with Crippen LogP contribution in [0.15, 0.2) is 0 Å². The monoisotopic (exact) mass is 264 g/mol. The number of nitrogens with one attached hydrogen (secondary N) is 2. The summed E-state index contributed by atoms with van der Waals surface area (Å²) in [4.78, 5) is 0. The van der Waals surface area contributed by atoms with Crippen LogP contribution < -0.4 is 10.6 Å². The molecule has 3 nitrogen and oxygen atoms in total. The van der Waals surface area contributed by atoms with Crippen LogP contribution in [0, 0.1) is 0 Å². The van der Waals surface area contributed by atoms with Gasteiger partial charge in [-0.2, -0.15) is 11.8 Å². The number of thioether (sulfide) groups is 1. The fourth-order valence-corrected chi connectivity index (χ4v) is 2.21. The van der Waals surface area contributed by atoms with Gasteiger partial charge < -0.3 is 15.4 Å². The van der Waals surface area contributed by atoms with E-state index in [9.17, 15) is 0 Å². The Hall–Kier alpha value is 0. The molecule has 0 radical (unpaired) electrons. The average Bonchev–Trinajstić information content (AvgIpc) is 2.28. The van der Waals surface area contributed by atoms with Gasteiger partial charge in [-0.05, 0) is 38.2 Å². The topological polar surface area (TPSA) is 33.3 Å². The molecule has 0 fully saturated rings. The van der Waals surface area contributed by atoms with Crippen LogP contribution >= 0.6 is 24.0 Å². The fraction of sp³-hybridized carbons (Fsp3) is 0.909. The lowest BCUT2D eigenvalue weighted by Gasteiger charge is -2.18. The number of hydrogen-bond donors (Lipinski definition) is 2. The highest BCUT2D eigenvalue weighted by Gasteiger charge is 2.05. The number of ether oxygens (including phenoxy) is 1. The molecular formula is C11H24N2OS2. The minimum absolute atomic E-state index is 0.474. The third-order valence-electron chi connectivity index (χ3n) is 2.15. The third-order valence-corrected chi connectivity index (χ3v) is 3.15. The van der Waals surface area contributed by atoms with Crippen LogP contribution in [0.4, 0.5) is 0 Å². The highest BCUT2D eigenvalue weighted by Crippen LogP contribution is 2.00. The van der Waals surface area contributed by atoms with Gasteiger partial charge in [-0.25, -0.2) is 0 Å². The zero-order valence-electron chi connectivity index (χ0n) is 10.5. The minimum atomic E-state index is 0.474. The molecule has 0 aromatic rings. The summed E-state index contributed by atoms with van der Waals surface area (Å²) in [6, 6.07) is 0.474. The maximum Gasteiger partial charge on any atom is 0.166 e. The van der Waals surface area contributed by atoms with Gasteiger partial charge in [0, 0.05) is 31.6 Å². The summed E-state index contributed by atoms with van der Waals surface area (Å²) in [6.07, 6.45) is 4.21. The highest BCUT2D eigenvalue weighted by molar-refractivity contribution is 7.98. The Morgan fingerprint density at radius 1 is 1.44 bits per heavy atom. The molecule has 0 rings (SSSR count). The summed E-state index contributed by atoms with van der Waals surface area (Å²) >= 11 is 7.06. The number of thiocarbonyl (C=S) groups is 1. The molecule has 0 aliphatic carbocycles. The van der Waals surface area contributed by atoms with Gasteiger partial charge in [-0.15, -0.1) is 0 Å². The zero-order chi connectivity index (χ0) is 12.2. The highest BCUT2D eigenvalue weighted by atomic mass is 32.2. The minimum Gasteiger partial charge on any atom is -0.382 e. The van der Waals surface area contributed by atoms with Crippen LogP contribution in [0.2, 0.25) is 0 Å². The van der Waals surface area contributed by atoms with Gasteiger partial charge in [0.15, 0.2) is 5.11 Å². The number of rotatable bonds is 9. The summed E-state index contributed by atoms with van der Waals surface area (Å²) in [5.74, 6) is 1.09. The molecule has 1 unspecified atom stereocenters. The molecule has 96 valence electrons. The lowest BCUT2D eigenvalue weighted by atomic mass is 10.3. The van der Waals surface area contributed by atoms with Crippen LogP contribution in [0.3, 0.4) is 0 Å². The Balaban J connectivity index is 3.48. The van der Waals surface area contributed by atoms with Crippen molar-refractivity contribution >= 4 is 29.1 Å². The fourth-order valence-electron chi connectivity index (χ4n) is 1.22. The lowest BCUT2D eigenvalue weighted by molar-refractivity contribution is 0.145. The molecule has 0 bridgehead atoms. The van der Waals surface area contributed by atoms with Crippen molar-refractivity contribution in [2.24, 2.45) is 0 Å². The molecule has 0 aromatic carbocycles. The van der Waals surface area contributed by atoms with E-state index < -0.39 is 0 Å². The van der Waals surface area contributed by atoms with Crippen LogP contribution in [0.5, 0.6) is 0 Å². The first-order valence-corrected chi connectivity index (χ1v) is 7.65. The second kappa shape index (κ2) is 11.5. The van der Waals surface area contributed by atoms with E-state index in [-0.39, 0.29) is 0 Å². The standard InChI is InChI=1S/C11H24N2OS2/c1-4-10(9-16-3)13-11(15)12-7-6-8-14-5-2/h10H,4-9H2,1-3H3,(H2,12,13,15). The Morgan fingerprint density at radius 3 is 2.75 bits per heavy atom. The van der Waals surface area contributed by atoms with Crippen molar-refractivity contribution in [1.82, 2.24) is 10.6 Å². The Bertz CT molecular complexity index is 179. The molecule has 0 aliphatic rings. The van der Waals surface area contributed by atoms with Crippen molar-refractivity contribution in [2.45, 2.75) is 32.7 Å². The number of hydrogen-bond acceptors (Lipinski definition) is 3. The van der Waals surface area contributed by atoms with Crippen LogP contribution in [-0.4, -0.2) is 42.9 Å².